The second kappa shape index (κ2) is 8.17. The topological polar surface area (TPSA) is 17.8 Å². The Balaban J connectivity index is 1.83. The summed E-state index contributed by atoms with van der Waals surface area (Å²) in [6, 6.07) is 0. The van der Waals surface area contributed by atoms with Crippen LogP contribution in [0, 0.1) is 23.2 Å². The molecule has 0 amide bonds. The Labute approximate surface area is 137 Å². The zero-order chi connectivity index (χ0) is 16.0. The first kappa shape index (κ1) is 17.6. The predicted molar refractivity (Wildman–Crippen MR) is 94.8 cm³/mol. The van der Waals surface area contributed by atoms with E-state index in [-0.39, 0.29) is 0 Å². The Morgan fingerprint density at radius 1 is 1.18 bits per heavy atom. The lowest BCUT2D eigenvalue weighted by molar-refractivity contribution is 0.135. The van der Waals surface area contributed by atoms with E-state index in [2.05, 4.69) is 43.4 Å². The van der Waals surface area contributed by atoms with E-state index in [1.165, 1.54) is 57.9 Å². The normalized spacial score (nSPS) is 24.4. The second-order valence-electron chi connectivity index (χ2n) is 8.59. The van der Waals surface area contributed by atoms with Crippen LogP contribution in [-0.2, 0) is 6.54 Å². The summed E-state index contributed by atoms with van der Waals surface area (Å²) >= 11 is 0. The van der Waals surface area contributed by atoms with Crippen molar-refractivity contribution in [1.29, 1.82) is 0 Å². The Bertz CT molecular complexity index is 394. The Hall–Kier alpha value is -0.790. The SMILES string of the molecule is CCCCC(CC1CCC(C(C)(C)C)CC1)Cn1ccnc1. The van der Waals surface area contributed by atoms with E-state index in [0.29, 0.717) is 5.41 Å². The van der Waals surface area contributed by atoms with Crippen LogP contribution in [0.25, 0.3) is 0 Å². The van der Waals surface area contributed by atoms with E-state index >= 15 is 0 Å². The highest BCUT2D eigenvalue weighted by Crippen LogP contribution is 2.41. The van der Waals surface area contributed by atoms with Crippen molar-refractivity contribution in [2.24, 2.45) is 23.2 Å². The largest absolute Gasteiger partial charge is 0.337 e. The fourth-order valence-electron chi connectivity index (χ4n) is 4.20. The molecule has 1 aliphatic carbocycles. The van der Waals surface area contributed by atoms with Crippen molar-refractivity contribution in [3.05, 3.63) is 18.7 Å². The highest BCUT2D eigenvalue weighted by Gasteiger charge is 2.30. The maximum atomic E-state index is 4.20. The third kappa shape index (κ3) is 5.44. The molecule has 1 heterocycles. The van der Waals surface area contributed by atoms with Gasteiger partial charge in [-0.25, -0.2) is 4.98 Å². The monoisotopic (exact) mass is 304 g/mol. The van der Waals surface area contributed by atoms with Crippen molar-refractivity contribution in [2.75, 3.05) is 0 Å². The Kier molecular flexibility index (Phi) is 6.52. The van der Waals surface area contributed by atoms with Crippen molar-refractivity contribution < 1.29 is 0 Å². The van der Waals surface area contributed by atoms with Gasteiger partial charge in [0.2, 0.25) is 0 Å². The molecule has 22 heavy (non-hydrogen) atoms. The summed E-state index contributed by atoms with van der Waals surface area (Å²) < 4.78 is 2.28. The molecule has 0 N–H and O–H groups in total. The zero-order valence-electron chi connectivity index (χ0n) is 15.2. The minimum atomic E-state index is 0.503. The summed E-state index contributed by atoms with van der Waals surface area (Å²) in [5.41, 5.74) is 0.503. The van der Waals surface area contributed by atoms with Crippen LogP contribution in [0.3, 0.4) is 0 Å². The number of aromatic nitrogens is 2. The predicted octanol–water partition coefficient (Wildman–Crippen LogP) is 5.93. The third-order valence-electron chi connectivity index (χ3n) is 5.73. The molecule has 126 valence electrons. The molecule has 0 saturated heterocycles. The second-order valence-corrected chi connectivity index (χ2v) is 8.59. The quantitative estimate of drug-likeness (QED) is 0.610. The number of unbranched alkanes of at least 4 members (excludes halogenated alkanes) is 1. The molecule has 1 saturated carbocycles. The van der Waals surface area contributed by atoms with Crippen LogP contribution in [-0.4, -0.2) is 9.55 Å². The molecule has 1 atom stereocenters. The summed E-state index contributed by atoms with van der Waals surface area (Å²) in [4.78, 5) is 4.20. The molecule has 1 aliphatic rings. The molecule has 0 radical (unpaired) electrons. The van der Waals surface area contributed by atoms with Crippen LogP contribution in [0.2, 0.25) is 0 Å². The number of nitrogens with zero attached hydrogens (tertiary/aromatic N) is 2. The van der Waals surface area contributed by atoms with Crippen molar-refractivity contribution in [3.8, 4) is 0 Å². The summed E-state index contributed by atoms with van der Waals surface area (Å²) in [6.45, 7) is 10.7. The average Bonchev–Trinajstić information content (AvgIpc) is 2.97. The van der Waals surface area contributed by atoms with Crippen LogP contribution in [0.4, 0.5) is 0 Å². The first-order valence-corrected chi connectivity index (χ1v) is 9.44. The van der Waals surface area contributed by atoms with Crippen LogP contribution < -0.4 is 0 Å². The average molecular weight is 305 g/mol. The molecule has 0 spiro atoms. The minimum absolute atomic E-state index is 0.503. The van der Waals surface area contributed by atoms with Crippen LogP contribution in [0.15, 0.2) is 18.7 Å². The highest BCUT2D eigenvalue weighted by molar-refractivity contribution is 4.82. The van der Waals surface area contributed by atoms with Gasteiger partial charge in [0, 0.05) is 18.9 Å². The Morgan fingerprint density at radius 3 is 2.45 bits per heavy atom. The van der Waals surface area contributed by atoms with Gasteiger partial charge in [0.05, 0.1) is 6.33 Å². The molecular weight excluding hydrogens is 268 g/mol. The fourth-order valence-corrected chi connectivity index (χ4v) is 4.20. The number of imidazole rings is 1. The van der Waals surface area contributed by atoms with Gasteiger partial charge in [0.15, 0.2) is 0 Å². The first-order valence-electron chi connectivity index (χ1n) is 9.44. The zero-order valence-corrected chi connectivity index (χ0v) is 15.2. The van der Waals surface area contributed by atoms with E-state index in [0.717, 1.165) is 17.8 Å². The maximum Gasteiger partial charge on any atom is 0.0945 e. The molecule has 2 rings (SSSR count). The summed E-state index contributed by atoms with van der Waals surface area (Å²) in [7, 11) is 0. The van der Waals surface area contributed by atoms with Gasteiger partial charge in [-0.3, -0.25) is 0 Å². The van der Waals surface area contributed by atoms with Gasteiger partial charge in [-0.15, -0.1) is 0 Å². The lowest BCUT2D eigenvalue weighted by atomic mass is 9.68. The molecule has 0 aliphatic heterocycles. The van der Waals surface area contributed by atoms with Crippen LogP contribution in [0.1, 0.15) is 79.1 Å². The van der Waals surface area contributed by atoms with E-state index < -0.39 is 0 Å². The van der Waals surface area contributed by atoms with Crippen molar-refractivity contribution in [3.63, 3.8) is 0 Å². The molecule has 0 aromatic carbocycles. The van der Waals surface area contributed by atoms with E-state index in [1.54, 1.807) is 0 Å². The van der Waals surface area contributed by atoms with Gasteiger partial charge in [0.1, 0.15) is 0 Å². The van der Waals surface area contributed by atoms with Gasteiger partial charge in [-0.2, -0.15) is 0 Å². The van der Waals surface area contributed by atoms with Crippen molar-refractivity contribution >= 4 is 0 Å². The molecular formula is C20H36N2. The van der Waals surface area contributed by atoms with Crippen molar-refractivity contribution in [1.82, 2.24) is 9.55 Å². The van der Waals surface area contributed by atoms with Crippen LogP contribution >= 0.6 is 0 Å². The smallest absolute Gasteiger partial charge is 0.0945 e. The molecule has 1 aromatic rings. The molecule has 1 unspecified atom stereocenters. The summed E-state index contributed by atoms with van der Waals surface area (Å²) in [5.74, 6) is 2.74. The van der Waals surface area contributed by atoms with Gasteiger partial charge < -0.3 is 4.57 Å². The van der Waals surface area contributed by atoms with Crippen LogP contribution in [0.5, 0.6) is 0 Å². The molecule has 0 bridgehead atoms. The summed E-state index contributed by atoms with van der Waals surface area (Å²) in [5, 5.41) is 0. The van der Waals surface area contributed by atoms with E-state index in [4.69, 9.17) is 0 Å². The first-order chi connectivity index (χ1) is 10.5. The fraction of sp³-hybridized carbons (Fsp3) is 0.850. The molecule has 1 aromatic heterocycles. The minimum Gasteiger partial charge on any atom is -0.337 e. The summed E-state index contributed by atoms with van der Waals surface area (Å²) in [6.07, 6.45) is 17.3. The van der Waals surface area contributed by atoms with Crippen molar-refractivity contribution in [2.45, 2.75) is 85.6 Å². The molecule has 2 nitrogen and oxygen atoms in total. The number of hydrogen-bond acceptors (Lipinski definition) is 1. The lowest BCUT2D eigenvalue weighted by Gasteiger charge is -2.38. The third-order valence-corrected chi connectivity index (χ3v) is 5.73. The lowest BCUT2D eigenvalue weighted by Crippen LogP contribution is -2.27. The van der Waals surface area contributed by atoms with Gasteiger partial charge >= 0.3 is 0 Å². The number of rotatable bonds is 7. The van der Waals surface area contributed by atoms with Gasteiger partial charge in [0.25, 0.3) is 0 Å². The maximum absolute atomic E-state index is 4.20. The Morgan fingerprint density at radius 2 is 1.91 bits per heavy atom. The van der Waals surface area contributed by atoms with E-state index in [1.807, 2.05) is 12.5 Å². The number of hydrogen-bond donors (Lipinski definition) is 0. The van der Waals surface area contributed by atoms with Gasteiger partial charge in [-0.1, -0.05) is 53.4 Å². The standard InChI is InChI=1S/C20H36N2/c1-5-6-7-18(15-22-13-12-21-16-22)14-17-8-10-19(11-9-17)20(2,3)4/h12-13,16-19H,5-11,14-15H2,1-4H3. The van der Waals surface area contributed by atoms with E-state index in [9.17, 15) is 0 Å². The highest BCUT2D eigenvalue weighted by atomic mass is 15.0. The molecule has 1 fully saturated rings. The molecule has 2 heteroatoms. The van der Waals surface area contributed by atoms with Gasteiger partial charge in [-0.05, 0) is 48.9 Å².